The number of para-hydroxylation sites is 1. The van der Waals surface area contributed by atoms with Crippen molar-refractivity contribution in [1.82, 2.24) is 14.6 Å². The van der Waals surface area contributed by atoms with Crippen LogP contribution >= 0.6 is 7.75 Å². The Balaban J connectivity index is 1.66. The van der Waals surface area contributed by atoms with E-state index in [1.54, 1.807) is 56.4 Å². The molecule has 1 N–H and O–H groups in total. The molecule has 1 aliphatic rings. The molecule has 0 unspecified atom stereocenters. The monoisotopic (exact) mass is 495 g/mol. The Morgan fingerprint density at radius 2 is 2.03 bits per heavy atom. The largest absolute Gasteiger partial charge is 0.462 e. The minimum Gasteiger partial charge on any atom is -0.462 e. The van der Waals surface area contributed by atoms with Crippen molar-refractivity contribution in [2.45, 2.75) is 58.8 Å². The first-order valence-electron chi connectivity index (χ1n) is 11.0. The van der Waals surface area contributed by atoms with Crippen molar-refractivity contribution in [2.24, 2.45) is 0 Å². The van der Waals surface area contributed by atoms with E-state index in [2.05, 4.69) is 10.1 Å². The smallest absolute Gasteiger partial charge is 0.459 e. The summed E-state index contributed by atoms with van der Waals surface area (Å²) >= 11 is 0. The number of carbonyl (C=O) groups excluding carboxylic acids is 1. The van der Waals surface area contributed by atoms with Gasteiger partial charge >= 0.3 is 19.4 Å². The molecule has 1 aromatic heterocycles. The number of hydrogen-bond acceptors (Lipinski definition) is 9. The molecule has 2 aromatic rings. The van der Waals surface area contributed by atoms with Crippen LogP contribution in [0, 0.1) is 6.92 Å². The van der Waals surface area contributed by atoms with Crippen molar-refractivity contribution >= 4 is 13.7 Å². The molecule has 0 spiro atoms. The lowest BCUT2D eigenvalue weighted by atomic mass is 10.3. The van der Waals surface area contributed by atoms with Crippen molar-refractivity contribution in [2.75, 3.05) is 13.2 Å². The summed E-state index contributed by atoms with van der Waals surface area (Å²) in [6.45, 7) is 6.66. The summed E-state index contributed by atoms with van der Waals surface area (Å²) in [6.07, 6.45) is 0.293. The van der Waals surface area contributed by atoms with E-state index in [9.17, 15) is 14.2 Å². The van der Waals surface area contributed by atoms with Crippen LogP contribution in [0.5, 0.6) is 5.75 Å². The van der Waals surface area contributed by atoms with Crippen molar-refractivity contribution in [3.05, 3.63) is 58.8 Å². The van der Waals surface area contributed by atoms with E-state index < -0.39 is 38.0 Å². The molecule has 11 nitrogen and oxygen atoms in total. The van der Waals surface area contributed by atoms with Gasteiger partial charge < -0.3 is 18.7 Å². The van der Waals surface area contributed by atoms with Gasteiger partial charge in [-0.15, -0.1) is 0 Å². The zero-order valence-electron chi connectivity index (χ0n) is 19.6. The number of benzene rings is 1. The van der Waals surface area contributed by atoms with E-state index in [0.29, 0.717) is 12.1 Å². The molecule has 0 aliphatic carbocycles. The van der Waals surface area contributed by atoms with Crippen molar-refractivity contribution in [3.8, 4) is 5.75 Å². The topological polar surface area (TPSA) is 127 Å². The van der Waals surface area contributed by atoms with Crippen molar-refractivity contribution in [1.29, 1.82) is 0 Å². The van der Waals surface area contributed by atoms with E-state index >= 15 is 0 Å². The Kier molecular flexibility index (Phi) is 8.98. The van der Waals surface area contributed by atoms with Crippen molar-refractivity contribution in [3.63, 3.8) is 0 Å². The zero-order chi connectivity index (χ0) is 24.7. The summed E-state index contributed by atoms with van der Waals surface area (Å²) in [5.74, 6) is -0.307. The predicted molar refractivity (Wildman–Crippen MR) is 122 cm³/mol. The second-order valence-electron chi connectivity index (χ2n) is 7.82. The van der Waals surface area contributed by atoms with Crippen LogP contribution in [0.25, 0.3) is 0 Å². The Morgan fingerprint density at radius 1 is 1.29 bits per heavy atom. The number of nitrogens with one attached hydrogen (secondary N) is 1. The number of ether oxygens (including phenoxy) is 3. The molecule has 0 radical (unpaired) electrons. The molecule has 0 saturated carbocycles. The summed E-state index contributed by atoms with van der Waals surface area (Å²) in [7, 11) is -4.06. The minimum atomic E-state index is -4.06. The molecule has 0 bridgehead atoms. The fourth-order valence-corrected chi connectivity index (χ4v) is 4.41. The summed E-state index contributed by atoms with van der Waals surface area (Å²) in [4.78, 5) is 28.3. The molecule has 1 fully saturated rings. The number of aromatic nitrogens is 2. The Labute approximate surface area is 197 Å². The maximum atomic E-state index is 13.5. The summed E-state index contributed by atoms with van der Waals surface area (Å²) in [5, 5.41) is 2.61. The Morgan fingerprint density at radius 3 is 2.71 bits per heavy atom. The first-order valence-corrected chi connectivity index (χ1v) is 12.5. The summed E-state index contributed by atoms with van der Waals surface area (Å²) < 4.78 is 42.5. The maximum absolute atomic E-state index is 13.5. The quantitative estimate of drug-likeness (QED) is 0.367. The fourth-order valence-electron chi connectivity index (χ4n) is 2.94. The van der Waals surface area contributed by atoms with Crippen LogP contribution in [0.3, 0.4) is 0 Å². The van der Waals surface area contributed by atoms with Crippen molar-refractivity contribution < 1.29 is 32.6 Å². The average Bonchev–Trinajstić information content (AvgIpc) is 3.27. The maximum Gasteiger partial charge on any atom is 0.459 e. The second-order valence-corrected chi connectivity index (χ2v) is 9.51. The third-order valence-corrected chi connectivity index (χ3v) is 6.60. The lowest BCUT2D eigenvalue weighted by Gasteiger charge is -2.24. The summed E-state index contributed by atoms with van der Waals surface area (Å²) in [5.41, 5.74) is 0.120. The highest BCUT2D eigenvalue weighted by molar-refractivity contribution is 7.52. The van der Waals surface area contributed by atoms with Crippen LogP contribution in [0.4, 0.5) is 0 Å². The molecule has 2 heterocycles. The van der Waals surface area contributed by atoms with Gasteiger partial charge in [-0.25, -0.2) is 9.36 Å². The van der Waals surface area contributed by atoms with Gasteiger partial charge in [0.05, 0.1) is 12.7 Å². The van der Waals surface area contributed by atoms with E-state index in [1.807, 2.05) is 6.92 Å². The zero-order valence-corrected chi connectivity index (χ0v) is 20.5. The molecule has 0 amide bonds. The van der Waals surface area contributed by atoms with Crippen LogP contribution < -0.4 is 15.3 Å². The number of nitrogens with zero attached hydrogens (tertiary/aromatic N) is 2. The fraction of sp³-hybridized carbons (Fsp3) is 0.500. The van der Waals surface area contributed by atoms with Gasteiger partial charge in [-0.1, -0.05) is 25.1 Å². The Hall–Kier alpha value is -2.56. The molecular formula is C22H30N3O8P. The predicted octanol–water partition coefficient (Wildman–Crippen LogP) is 2.95. The van der Waals surface area contributed by atoms with Gasteiger partial charge in [-0.2, -0.15) is 10.1 Å². The third kappa shape index (κ3) is 7.22. The van der Waals surface area contributed by atoms with Gasteiger partial charge in [-0.05, 0) is 45.4 Å². The van der Waals surface area contributed by atoms with Gasteiger partial charge in [0.15, 0.2) is 12.5 Å². The highest BCUT2D eigenvalue weighted by Crippen LogP contribution is 2.45. The second kappa shape index (κ2) is 11.7. The molecule has 1 saturated heterocycles. The SMILES string of the molecule is CC[C@@H](C)OC(=O)[C@H](C)N[P@](=O)(OC[C@H]1OC[C@@H](n2ccc(C)nc2=O)O1)Oc1ccccc1. The van der Waals surface area contributed by atoms with Gasteiger partial charge in [0.25, 0.3) is 0 Å². The van der Waals surface area contributed by atoms with Crippen LogP contribution in [-0.2, 0) is 28.1 Å². The lowest BCUT2D eigenvalue weighted by molar-refractivity contribution is -0.150. The number of esters is 1. The molecule has 3 rings (SSSR count). The minimum absolute atomic E-state index is 0.0770. The number of hydrogen-bond donors (Lipinski definition) is 1. The van der Waals surface area contributed by atoms with Gasteiger partial charge in [0.1, 0.15) is 18.4 Å². The molecule has 1 aliphatic heterocycles. The summed E-state index contributed by atoms with van der Waals surface area (Å²) in [6, 6.07) is 9.12. The lowest BCUT2D eigenvalue weighted by Crippen LogP contribution is -2.37. The highest BCUT2D eigenvalue weighted by Gasteiger charge is 2.36. The Bertz CT molecular complexity index is 1060. The van der Waals surface area contributed by atoms with E-state index in [0.717, 1.165) is 0 Å². The number of aryl methyl sites for hydroxylation is 1. The molecule has 1 aromatic carbocycles. The van der Waals surface area contributed by atoms with Gasteiger partial charge in [-0.3, -0.25) is 13.9 Å². The molecule has 34 heavy (non-hydrogen) atoms. The first-order chi connectivity index (χ1) is 16.2. The van der Waals surface area contributed by atoms with Crippen LogP contribution in [0.15, 0.2) is 47.4 Å². The first kappa shape index (κ1) is 26.1. The third-order valence-electron chi connectivity index (χ3n) is 4.96. The van der Waals surface area contributed by atoms with Crippen LogP contribution in [0.2, 0.25) is 0 Å². The number of carbonyl (C=O) groups is 1. The molecule has 5 atom stereocenters. The van der Waals surface area contributed by atoms with Gasteiger partial charge in [0.2, 0.25) is 0 Å². The van der Waals surface area contributed by atoms with E-state index in [1.165, 1.54) is 11.5 Å². The average molecular weight is 495 g/mol. The van der Waals surface area contributed by atoms with E-state index in [4.69, 9.17) is 23.3 Å². The normalized spacial score (nSPS) is 21.4. The van der Waals surface area contributed by atoms with Crippen LogP contribution in [-0.4, -0.2) is 47.2 Å². The number of rotatable bonds is 11. The standard InChI is InChI=1S/C22H30N3O8P/c1-5-16(3)31-21(26)17(4)24-34(28,33-18-9-7-6-8-10-18)30-14-20-29-13-19(32-20)25-12-11-15(2)23-22(25)27/h6-12,16-17,19-20H,5,13-14H2,1-4H3,(H,24,28)/t16-,17+,19+,20+,34+/m1/s1. The highest BCUT2D eigenvalue weighted by atomic mass is 31.2. The molecular weight excluding hydrogens is 465 g/mol. The van der Waals surface area contributed by atoms with Crippen LogP contribution in [0.1, 0.15) is 39.1 Å². The molecule has 186 valence electrons. The van der Waals surface area contributed by atoms with E-state index in [-0.39, 0.29) is 25.1 Å². The van der Waals surface area contributed by atoms with Gasteiger partial charge in [0, 0.05) is 11.9 Å². The molecule has 12 heteroatoms.